The number of piperidine rings is 1. The molecule has 1 saturated carbocycles. The molecule has 2 aromatic rings. The van der Waals surface area contributed by atoms with Gasteiger partial charge in [-0.1, -0.05) is 50.3 Å². The number of likely N-dealkylation sites (tertiary alicyclic amines) is 1. The number of carbonyl (C=O) groups excluding carboxylic acids is 1. The topological polar surface area (TPSA) is 53.0 Å². The van der Waals surface area contributed by atoms with Crippen molar-refractivity contribution in [2.45, 2.75) is 56.6 Å². The number of ether oxygens (including phenoxy) is 1. The number of rotatable bonds is 8. The van der Waals surface area contributed by atoms with Gasteiger partial charge in [-0.2, -0.15) is 0 Å². The highest BCUT2D eigenvalue weighted by molar-refractivity contribution is 5.94. The van der Waals surface area contributed by atoms with Gasteiger partial charge in [-0.15, -0.1) is 6.58 Å². The van der Waals surface area contributed by atoms with Gasteiger partial charge in [0.05, 0.1) is 12.7 Å². The maximum atomic E-state index is 13.7. The van der Waals surface area contributed by atoms with Gasteiger partial charge in [0.2, 0.25) is 0 Å². The third kappa shape index (κ3) is 5.03. The van der Waals surface area contributed by atoms with E-state index in [-0.39, 0.29) is 11.9 Å². The maximum absolute atomic E-state index is 13.7. The molecule has 4 rings (SSSR count). The lowest BCUT2D eigenvalue weighted by Gasteiger charge is -2.59. The van der Waals surface area contributed by atoms with E-state index in [0.717, 1.165) is 49.2 Å². The molecule has 3 atom stereocenters. The molecule has 0 spiro atoms. The van der Waals surface area contributed by atoms with Gasteiger partial charge in [-0.05, 0) is 68.0 Å². The number of β-amino-alcohol motifs (C(OH)–C–C–N with tert-alkyl or cyclic N) is 1. The first kappa shape index (κ1) is 25.5. The Morgan fingerprint density at radius 3 is 2.69 bits per heavy atom. The molecular formula is C30H40N2O3. The zero-order chi connectivity index (χ0) is 25.1. The standard InChI is InChI=1S/C30H40N2O3/c1-5-17-31-18-16-29(25-12-9-13-27(19-25)35-4)20-26(14-15-30(29,34)22-31)32(21-23(2)3)28(33)24-10-7-6-8-11-24/h5-13,19,23,26,34H,1,14-18,20-22H2,2-4H3/t26-,29?,30?/m1/s1. The third-order valence-corrected chi connectivity index (χ3v) is 8.00. The van der Waals surface area contributed by atoms with Crippen LogP contribution >= 0.6 is 0 Å². The van der Waals surface area contributed by atoms with Crippen molar-refractivity contribution in [2.75, 3.05) is 33.3 Å². The summed E-state index contributed by atoms with van der Waals surface area (Å²) >= 11 is 0. The molecule has 2 aromatic carbocycles. The lowest BCUT2D eigenvalue weighted by Crippen LogP contribution is -2.67. The minimum Gasteiger partial charge on any atom is -0.497 e. The number of hydrogen-bond acceptors (Lipinski definition) is 4. The largest absolute Gasteiger partial charge is 0.497 e. The number of aliphatic hydroxyl groups is 1. The van der Waals surface area contributed by atoms with Gasteiger partial charge in [0, 0.05) is 36.7 Å². The van der Waals surface area contributed by atoms with Crippen LogP contribution in [-0.4, -0.2) is 65.7 Å². The molecule has 0 radical (unpaired) electrons. The number of amides is 1. The summed E-state index contributed by atoms with van der Waals surface area (Å²) in [5.41, 5.74) is 0.509. The lowest BCUT2D eigenvalue weighted by atomic mass is 9.55. The van der Waals surface area contributed by atoms with Crippen LogP contribution in [0.1, 0.15) is 55.5 Å². The minimum absolute atomic E-state index is 0.0579. The average molecular weight is 477 g/mol. The van der Waals surface area contributed by atoms with Crippen molar-refractivity contribution in [1.29, 1.82) is 0 Å². The summed E-state index contributed by atoms with van der Waals surface area (Å²) in [7, 11) is 1.68. The second kappa shape index (κ2) is 10.5. The quantitative estimate of drug-likeness (QED) is 0.550. The van der Waals surface area contributed by atoms with Crippen LogP contribution in [0.4, 0.5) is 0 Å². The van der Waals surface area contributed by atoms with E-state index >= 15 is 0 Å². The summed E-state index contributed by atoms with van der Waals surface area (Å²) in [4.78, 5) is 18.1. The van der Waals surface area contributed by atoms with Crippen LogP contribution in [0.15, 0.2) is 67.3 Å². The molecular weight excluding hydrogens is 436 g/mol. The fourth-order valence-corrected chi connectivity index (χ4v) is 6.30. The Kier molecular flexibility index (Phi) is 7.67. The molecule has 188 valence electrons. The maximum Gasteiger partial charge on any atom is 0.254 e. The molecule has 1 aliphatic carbocycles. The molecule has 1 N–H and O–H groups in total. The predicted octanol–water partition coefficient (Wildman–Crippen LogP) is 4.91. The van der Waals surface area contributed by atoms with Crippen LogP contribution < -0.4 is 4.74 Å². The van der Waals surface area contributed by atoms with Crippen molar-refractivity contribution >= 4 is 5.91 Å². The molecule has 2 fully saturated rings. The Morgan fingerprint density at radius 2 is 2.00 bits per heavy atom. The molecule has 1 saturated heterocycles. The van der Waals surface area contributed by atoms with Crippen LogP contribution in [0, 0.1) is 5.92 Å². The van der Waals surface area contributed by atoms with Gasteiger partial charge in [0.1, 0.15) is 5.75 Å². The van der Waals surface area contributed by atoms with Gasteiger partial charge in [0.25, 0.3) is 5.91 Å². The molecule has 0 bridgehead atoms. The number of nitrogens with zero attached hydrogens (tertiary/aromatic N) is 2. The van der Waals surface area contributed by atoms with Gasteiger partial charge in [-0.25, -0.2) is 0 Å². The highest BCUT2D eigenvalue weighted by Gasteiger charge is 2.58. The fraction of sp³-hybridized carbons (Fsp3) is 0.500. The summed E-state index contributed by atoms with van der Waals surface area (Å²) in [6.45, 7) is 11.2. The first-order valence-electron chi connectivity index (χ1n) is 12.9. The van der Waals surface area contributed by atoms with E-state index in [0.29, 0.717) is 25.4 Å². The van der Waals surface area contributed by atoms with Crippen molar-refractivity contribution in [1.82, 2.24) is 9.80 Å². The molecule has 35 heavy (non-hydrogen) atoms. The Morgan fingerprint density at radius 1 is 1.23 bits per heavy atom. The number of methoxy groups -OCH3 is 1. The second-order valence-corrected chi connectivity index (χ2v) is 10.7. The zero-order valence-corrected chi connectivity index (χ0v) is 21.5. The minimum atomic E-state index is -0.879. The van der Waals surface area contributed by atoms with Crippen molar-refractivity contribution in [2.24, 2.45) is 5.92 Å². The highest BCUT2D eigenvalue weighted by Crippen LogP contribution is 2.53. The number of fused-ring (bicyclic) bond motifs is 1. The first-order valence-corrected chi connectivity index (χ1v) is 12.9. The predicted molar refractivity (Wildman–Crippen MR) is 141 cm³/mol. The van der Waals surface area contributed by atoms with Gasteiger partial charge >= 0.3 is 0 Å². The van der Waals surface area contributed by atoms with E-state index in [1.807, 2.05) is 48.5 Å². The molecule has 1 heterocycles. The Balaban J connectivity index is 1.74. The van der Waals surface area contributed by atoms with Gasteiger partial charge < -0.3 is 14.7 Å². The van der Waals surface area contributed by atoms with Crippen molar-refractivity contribution < 1.29 is 14.6 Å². The van der Waals surface area contributed by atoms with Crippen LogP contribution in [0.25, 0.3) is 0 Å². The van der Waals surface area contributed by atoms with E-state index < -0.39 is 11.0 Å². The first-order chi connectivity index (χ1) is 16.8. The summed E-state index contributed by atoms with van der Waals surface area (Å²) < 4.78 is 5.57. The van der Waals surface area contributed by atoms with E-state index in [2.05, 4.69) is 42.4 Å². The molecule has 5 nitrogen and oxygen atoms in total. The average Bonchev–Trinajstić information content (AvgIpc) is 2.87. The van der Waals surface area contributed by atoms with Crippen LogP contribution in [-0.2, 0) is 5.41 Å². The van der Waals surface area contributed by atoms with Gasteiger partial charge in [-0.3, -0.25) is 9.69 Å². The fourth-order valence-electron chi connectivity index (χ4n) is 6.30. The summed E-state index contributed by atoms with van der Waals surface area (Å²) in [5, 5.41) is 12.3. The molecule has 2 unspecified atom stereocenters. The smallest absolute Gasteiger partial charge is 0.254 e. The third-order valence-electron chi connectivity index (χ3n) is 8.00. The molecule has 1 aliphatic heterocycles. The number of benzene rings is 2. The van der Waals surface area contributed by atoms with Crippen molar-refractivity contribution in [3.05, 3.63) is 78.4 Å². The van der Waals surface area contributed by atoms with E-state index in [9.17, 15) is 9.90 Å². The number of hydrogen-bond donors (Lipinski definition) is 1. The monoisotopic (exact) mass is 476 g/mol. The summed E-state index contributed by atoms with van der Waals surface area (Å²) in [6.07, 6.45) is 4.92. The van der Waals surface area contributed by atoms with Crippen LogP contribution in [0.2, 0.25) is 0 Å². The Bertz CT molecular complexity index is 1020. The normalized spacial score (nSPS) is 26.7. The SMILES string of the molecule is C=CCN1CCC2(c3cccc(OC)c3)C[C@H](N(CC(C)C)C(=O)c3ccccc3)CCC2(O)C1. The van der Waals surface area contributed by atoms with E-state index in [4.69, 9.17) is 4.74 Å². The lowest BCUT2D eigenvalue weighted by molar-refractivity contribution is -0.131. The van der Waals surface area contributed by atoms with Crippen LogP contribution in [0.3, 0.4) is 0 Å². The summed E-state index contributed by atoms with van der Waals surface area (Å²) in [6, 6.07) is 17.8. The highest BCUT2D eigenvalue weighted by atomic mass is 16.5. The molecule has 5 heteroatoms. The van der Waals surface area contributed by atoms with Crippen molar-refractivity contribution in [3.63, 3.8) is 0 Å². The molecule has 2 aliphatic rings. The van der Waals surface area contributed by atoms with Crippen molar-refractivity contribution in [3.8, 4) is 5.75 Å². The van der Waals surface area contributed by atoms with E-state index in [1.54, 1.807) is 7.11 Å². The zero-order valence-electron chi connectivity index (χ0n) is 21.5. The Hall–Kier alpha value is -2.63. The Labute approximate surface area is 210 Å². The van der Waals surface area contributed by atoms with E-state index in [1.165, 1.54) is 0 Å². The molecule has 0 aromatic heterocycles. The number of carbonyl (C=O) groups is 1. The molecule has 1 amide bonds. The second-order valence-electron chi connectivity index (χ2n) is 10.7. The van der Waals surface area contributed by atoms with Gasteiger partial charge in [0.15, 0.2) is 0 Å². The van der Waals surface area contributed by atoms with Crippen LogP contribution in [0.5, 0.6) is 5.75 Å². The summed E-state index contributed by atoms with van der Waals surface area (Å²) in [5.74, 6) is 1.24.